The molecule has 0 aliphatic carbocycles. The number of carbonyl (C=O) groups is 2. The predicted octanol–water partition coefficient (Wildman–Crippen LogP) is 1.38. The van der Waals surface area contributed by atoms with Gasteiger partial charge in [0.05, 0.1) is 5.75 Å². The van der Waals surface area contributed by atoms with Gasteiger partial charge in [-0.05, 0) is 23.6 Å². The summed E-state index contributed by atoms with van der Waals surface area (Å²) in [7, 11) is 0. The molecule has 4 nitrogen and oxygen atoms in total. The highest BCUT2D eigenvalue weighted by atomic mass is 32.1. The van der Waals surface area contributed by atoms with Crippen LogP contribution >= 0.6 is 12.6 Å². The first-order valence-corrected chi connectivity index (χ1v) is 6.61. The monoisotopic (exact) mass is 277 g/mol. The van der Waals surface area contributed by atoms with Crippen molar-refractivity contribution in [3.8, 4) is 0 Å². The first-order chi connectivity index (χ1) is 9.11. The van der Waals surface area contributed by atoms with Gasteiger partial charge in [0.15, 0.2) is 0 Å². The number of rotatable bonds is 4. The molecule has 0 fully saturated rings. The SMILES string of the molecule is O=C(O)[C@@H]1C=C(Cc2ccccc2)CN1C(=O)CS. The number of amides is 1. The number of thiol groups is 1. The number of hydrogen-bond acceptors (Lipinski definition) is 3. The van der Waals surface area contributed by atoms with Crippen LogP contribution in [0.25, 0.3) is 0 Å². The lowest BCUT2D eigenvalue weighted by Gasteiger charge is -2.20. The molecule has 0 spiro atoms. The summed E-state index contributed by atoms with van der Waals surface area (Å²) in [6.07, 6.45) is 2.33. The minimum Gasteiger partial charge on any atom is -0.479 e. The average molecular weight is 277 g/mol. The molecule has 0 aromatic heterocycles. The van der Waals surface area contributed by atoms with Crippen molar-refractivity contribution in [2.75, 3.05) is 12.3 Å². The van der Waals surface area contributed by atoms with Gasteiger partial charge in [-0.25, -0.2) is 4.79 Å². The van der Waals surface area contributed by atoms with E-state index in [0.717, 1.165) is 11.1 Å². The molecule has 0 saturated heterocycles. The Hall–Kier alpha value is -1.75. The molecule has 1 aromatic rings. The molecule has 1 aliphatic heterocycles. The Kier molecular flexibility index (Phi) is 4.27. The number of carbonyl (C=O) groups excluding carboxylic acids is 1. The van der Waals surface area contributed by atoms with E-state index in [9.17, 15) is 9.59 Å². The summed E-state index contributed by atoms with van der Waals surface area (Å²) < 4.78 is 0. The number of aliphatic carboxylic acids is 1. The van der Waals surface area contributed by atoms with Crippen LogP contribution in [-0.4, -0.2) is 40.2 Å². The Morgan fingerprint density at radius 1 is 1.32 bits per heavy atom. The second kappa shape index (κ2) is 5.93. The van der Waals surface area contributed by atoms with Crippen molar-refractivity contribution in [1.29, 1.82) is 0 Å². The van der Waals surface area contributed by atoms with Crippen LogP contribution in [0.1, 0.15) is 5.56 Å². The number of carboxylic acid groups (broad SMARTS) is 1. The molecule has 1 aliphatic rings. The van der Waals surface area contributed by atoms with Gasteiger partial charge < -0.3 is 10.0 Å². The lowest BCUT2D eigenvalue weighted by atomic mass is 10.1. The Bertz CT molecular complexity index is 513. The summed E-state index contributed by atoms with van der Waals surface area (Å²) in [6.45, 7) is 0.366. The Balaban J connectivity index is 2.13. The van der Waals surface area contributed by atoms with Gasteiger partial charge >= 0.3 is 5.97 Å². The largest absolute Gasteiger partial charge is 0.479 e. The fourth-order valence-corrected chi connectivity index (χ4v) is 2.38. The van der Waals surface area contributed by atoms with E-state index in [4.69, 9.17) is 5.11 Å². The zero-order valence-corrected chi connectivity index (χ0v) is 11.2. The molecule has 0 unspecified atom stereocenters. The molecule has 1 heterocycles. The Morgan fingerprint density at radius 2 is 2.00 bits per heavy atom. The Labute approximate surface area is 117 Å². The van der Waals surface area contributed by atoms with E-state index in [1.54, 1.807) is 6.08 Å². The molecule has 2 rings (SSSR count). The first-order valence-electron chi connectivity index (χ1n) is 5.98. The second-order valence-electron chi connectivity index (χ2n) is 4.45. The summed E-state index contributed by atoms with van der Waals surface area (Å²) in [5.41, 5.74) is 2.06. The number of hydrogen-bond donors (Lipinski definition) is 2. The molecule has 1 N–H and O–H groups in total. The zero-order chi connectivity index (χ0) is 13.8. The summed E-state index contributed by atoms with van der Waals surface area (Å²) >= 11 is 3.92. The standard InChI is InChI=1S/C14H15NO3S/c16-13(9-19)15-8-11(7-12(15)14(17)18)6-10-4-2-1-3-5-10/h1-5,7,12,19H,6,8-9H2,(H,17,18)/t12-/m0/s1. The fourth-order valence-electron chi connectivity index (χ4n) is 2.19. The van der Waals surface area contributed by atoms with Crippen LogP contribution in [0.15, 0.2) is 42.0 Å². The van der Waals surface area contributed by atoms with Gasteiger partial charge in [0.2, 0.25) is 5.91 Å². The summed E-state index contributed by atoms with van der Waals surface area (Å²) in [5.74, 6) is -1.23. The molecular weight excluding hydrogens is 262 g/mol. The second-order valence-corrected chi connectivity index (χ2v) is 4.77. The highest BCUT2D eigenvalue weighted by molar-refractivity contribution is 7.81. The fraction of sp³-hybridized carbons (Fsp3) is 0.286. The molecule has 1 atom stereocenters. The van der Waals surface area contributed by atoms with Gasteiger partial charge in [0.25, 0.3) is 0 Å². The smallest absolute Gasteiger partial charge is 0.330 e. The van der Waals surface area contributed by atoms with Crippen LogP contribution in [0.4, 0.5) is 0 Å². The minimum absolute atomic E-state index is 0.0240. The van der Waals surface area contributed by atoms with Crippen molar-refractivity contribution in [2.45, 2.75) is 12.5 Å². The highest BCUT2D eigenvalue weighted by Crippen LogP contribution is 2.20. The van der Waals surface area contributed by atoms with E-state index in [2.05, 4.69) is 12.6 Å². The van der Waals surface area contributed by atoms with E-state index < -0.39 is 12.0 Å². The van der Waals surface area contributed by atoms with Crippen molar-refractivity contribution in [1.82, 2.24) is 4.90 Å². The third-order valence-corrected chi connectivity index (χ3v) is 3.36. The van der Waals surface area contributed by atoms with E-state index in [1.165, 1.54) is 4.90 Å². The van der Waals surface area contributed by atoms with Gasteiger partial charge in [-0.1, -0.05) is 30.3 Å². The van der Waals surface area contributed by atoms with Gasteiger partial charge in [-0.15, -0.1) is 0 Å². The number of benzene rings is 1. The average Bonchev–Trinajstić information content (AvgIpc) is 2.83. The lowest BCUT2D eigenvalue weighted by molar-refractivity contribution is -0.146. The zero-order valence-electron chi connectivity index (χ0n) is 10.3. The van der Waals surface area contributed by atoms with Crippen LogP contribution in [0.5, 0.6) is 0 Å². The first kappa shape index (κ1) is 13.7. The normalized spacial score (nSPS) is 18.3. The molecular formula is C14H15NO3S. The lowest BCUT2D eigenvalue weighted by Crippen LogP contribution is -2.41. The van der Waals surface area contributed by atoms with E-state index in [-0.39, 0.29) is 11.7 Å². The third-order valence-electron chi connectivity index (χ3n) is 3.09. The molecule has 0 saturated carbocycles. The summed E-state index contributed by atoms with van der Waals surface area (Å²) in [6, 6.07) is 8.92. The molecule has 1 aromatic carbocycles. The quantitative estimate of drug-likeness (QED) is 0.646. The maximum absolute atomic E-state index is 11.7. The van der Waals surface area contributed by atoms with Gasteiger partial charge in [0.1, 0.15) is 6.04 Å². The predicted molar refractivity (Wildman–Crippen MR) is 75.2 cm³/mol. The van der Waals surface area contributed by atoms with Crippen molar-refractivity contribution in [2.24, 2.45) is 0 Å². The van der Waals surface area contributed by atoms with Crippen LogP contribution in [0.2, 0.25) is 0 Å². The number of nitrogens with zero attached hydrogens (tertiary/aromatic N) is 1. The summed E-state index contributed by atoms with van der Waals surface area (Å²) in [5, 5.41) is 9.15. The Morgan fingerprint density at radius 3 is 2.58 bits per heavy atom. The van der Waals surface area contributed by atoms with Crippen LogP contribution in [0, 0.1) is 0 Å². The van der Waals surface area contributed by atoms with Crippen LogP contribution in [0.3, 0.4) is 0 Å². The molecule has 5 heteroatoms. The third kappa shape index (κ3) is 3.17. The van der Waals surface area contributed by atoms with Crippen LogP contribution in [-0.2, 0) is 16.0 Å². The molecule has 0 radical (unpaired) electrons. The number of carboxylic acids is 1. The topological polar surface area (TPSA) is 57.6 Å². The van der Waals surface area contributed by atoms with Crippen LogP contribution < -0.4 is 0 Å². The minimum atomic E-state index is -1.00. The molecule has 1 amide bonds. The van der Waals surface area contributed by atoms with Crippen molar-refractivity contribution >= 4 is 24.5 Å². The molecule has 19 heavy (non-hydrogen) atoms. The van der Waals surface area contributed by atoms with Crippen molar-refractivity contribution < 1.29 is 14.7 Å². The molecule has 0 bridgehead atoms. The van der Waals surface area contributed by atoms with Crippen molar-refractivity contribution in [3.05, 3.63) is 47.5 Å². The van der Waals surface area contributed by atoms with E-state index >= 15 is 0 Å². The molecule has 100 valence electrons. The highest BCUT2D eigenvalue weighted by Gasteiger charge is 2.32. The van der Waals surface area contributed by atoms with Gasteiger partial charge in [0, 0.05) is 6.54 Å². The van der Waals surface area contributed by atoms with Gasteiger partial charge in [-0.3, -0.25) is 4.79 Å². The summed E-state index contributed by atoms with van der Waals surface area (Å²) in [4.78, 5) is 24.2. The maximum Gasteiger partial charge on any atom is 0.330 e. The van der Waals surface area contributed by atoms with Crippen molar-refractivity contribution in [3.63, 3.8) is 0 Å². The van der Waals surface area contributed by atoms with E-state index in [0.29, 0.717) is 13.0 Å². The van der Waals surface area contributed by atoms with E-state index in [1.807, 2.05) is 30.3 Å². The van der Waals surface area contributed by atoms with Gasteiger partial charge in [-0.2, -0.15) is 12.6 Å². The maximum atomic E-state index is 11.7.